The molecule has 0 saturated carbocycles. The molecule has 3 heterocycles. The zero-order valence-electron chi connectivity index (χ0n) is 18.3. The summed E-state index contributed by atoms with van der Waals surface area (Å²) in [6.07, 6.45) is 3.23. The number of rotatable bonds is 4. The molecule has 31 heavy (non-hydrogen) atoms. The van der Waals surface area contributed by atoms with E-state index < -0.39 is 0 Å². The highest BCUT2D eigenvalue weighted by Crippen LogP contribution is 2.31. The second kappa shape index (κ2) is 9.09. The van der Waals surface area contributed by atoms with E-state index in [1.807, 2.05) is 35.8 Å². The fraction of sp³-hybridized carbons (Fsp3) is 0.522. The minimum atomic E-state index is -0.0203. The van der Waals surface area contributed by atoms with Crippen LogP contribution in [0.4, 0.5) is 0 Å². The molecule has 2 aromatic rings. The van der Waals surface area contributed by atoms with Gasteiger partial charge in [-0.2, -0.15) is 5.10 Å². The molecule has 166 valence electrons. The lowest BCUT2D eigenvalue weighted by Crippen LogP contribution is -2.48. The van der Waals surface area contributed by atoms with Crippen LogP contribution in [0, 0.1) is 0 Å². The minimum absolute atomic E-state index is 0.00159. The molecule has 4 rings (SSSR count). The molecule has 2 aliphatic heterocycles. The van der Waals surface area contributed by atoms with Gasteiger partial charge >= 0.3 is 0 Å². The Morgan fingerprint density at radius 2 is 1.68 bits per heavy atom. The summed E-state index contributed by atoms with van der Waals surface area (Å²) in [6, 6.07) is 7.30. The molecule has 0 unspecified atom stereocenters. The number of carbonyl (C=O) groups excluding carboxylic acids is 2. The number of nitrogens with zero attached hydrogens (tertiary/aromatic N) is 3. The van der Waals surface area contributed by atoms with Gasteiger partial charge in [0.2, 0.25) is 0 Å². The van der Waals surface area contributed by atoms with Crippen molar-refractivity contribution in [3.05, 3.63) is 47.3 Å². The van der Waals surface area contributed by atoms with Gasteiger partial charge in [-0.15, -0.1) is 0 Å². The van der Waals surface area contributed by atoms with Gasteiger partial charge in [-0.05, 0) is 38.8 Å². The van der Waals surface area contributed by atoms with E-state index in [0.29, 0.717) is 43.1 Å². The van der Waals surface area contributed by atoms with Gasteiger partial charge in [0.15, 0.2) is 0 Å². The highest BCUT2D eigenvalue weighted by atomic mass is 16.5. The SMILES string of the molecule is COc1ccccc1C(=O)N1CCC(c2[nH]ncc2C(=O)N2C[C@H](C)O[C@@H](C)C2)CC1. The van der Waals surface area contributed by atoms with Crippen LogP contribution in [0.2, 0.25) is 0 Å². The number of hydrogen-bond donors (Lipinski definition) is 1. The number of aromatic amines is 1. The highest BCUT2D eigenvalue weighted by Gasteiger charge is 2.32. The Bertz CT molecular complexity index is 925. The number of carbonyl (C=O) groups is 2. The van der Waals surface area contributed by atoms with Crippen LogP contribution in [0.15, 0.2) is 30.5 Å². The summed E-state index contributed by atoms with van der Waals surface area (Å²) in [6.45, 7) is 6.39. The van der Waals surface area contributed by atoms with Crippen molar-refractivity contribution in [1.82, 2.24) is 20.0 Å². The second-order valence-electron chi connectivity index (χ2n) is 8.43. The second-order valence-corrected chi connectivity index (χ2v) is 8.43. The Kier molecular flexibility index (Phi) is 6.27. The van der Waals surface area contributed by atoms with Crippen molar-refractivity contribution in [3.8, 4) is 5.75 Å². The van der Waals surface area contributed by atoms with Gasteiger partial charge in [-0.25, -0.2) is 0 Å². The van der Waals surface area contributed by atoms with Crippen LogP contribution in [0.3, 0.4) is 0 Å². The molecule has 1 aromatic carbocycles. The van der Waals surface area contributed by atoms with Gasteiger partial charge < -0.3 is 19.3 Å². The van der Waals surface area contributed by atoms with Crippen LogP contribution in [0.25, 0.3) is 0 Å². The highest BCUT2D eigenvalue weighted by molar-refractivity contribution is 5.97. The van der Waals surface area contributed by atoms with Crippen LogP contribution >= 0.6 is 0 Å². The number of para-hydroxylation sites is 1. The number of likely N-dealkylation sites (tertiary alicyclic amines) is 1. The van der Waals surface area contributed by atoms with E-state index in [1.54, 1.807) is 25.4 Å². The standard InChI is InChI=1S/C23H30N4O4/c1-15-13-27(14-16(2)31-15)23(29)19-12-24-25-21(19)17-8-10-26(11-9-17)22(28)18-6-4-5-7-20(18)30-3/h4-7,12,15-17H,8-11,13-14H2,1-3H3,(H,24,25)/t15-,16-/m0/s1. The third-order valence-electron chi connectivity index (χ3n) is 6.13. The zero-order valence-corrected chi connectivity index (χ0v) is 18.3. The number of H-pyrrole nitrogens is 1. The summed E-state index contributed by atoms with van der Waals surface area (Å²) in [7, 11) is 1.57. The quantitative estimate of drug-likeness (QED) is 0.812. The first-order valence-corrected chi connectivity index (χ1v) is 10.9. The van der Waals surface area contributed by atoms with Gasteiger partial charge in [0.1, 0.15) is 5.75 Å². The molecule has 8 nitrogen and oxygen atoms in total. The predicted molar refractivity (Wildman–Crippen MR) is 115 cm³/mol. The maximum atomic E-state index is 13.2. The monoisotopic (exact) mass is 426 g/mol. The van der Waals surface area contributed by atoms with Crippen LogP contribution < -0.4 is 4.74 Å². The Labute approximate surface area is 182 Å². The van der Waals surface area contributed by atoms with Crippen LogP contribution in [0.5, 0.6) is 5.75 Å². The molecular weight excluding hydrogens is 396 g/mol. The first-order chi connectivity index (χ1) is 15.0. The maximum absolute atomic E-state index is 13.2. The summed E-state index contributed by atoms with van der Waals surface area (Å²) < 4.78 is 11.1. The molecular formula is C23H30N4O4. The molecule has 2 aliphatic rings. The molecule has 0 radical (unpaired) electrons. The lowest BCUT2D eigenvalue weighted by molar-refractivity contribution is -0.0586. The fourth-order valence-electron chi connectivity index (χ4n) is 4.65. The summed E-state index contributed by atoms with van der Waals surface area (Å²) in [5, 5.41) is 7.23. The molecule has 2 amide bonds. The molecule has 2 saturated heterocycles. The predicted octanol–water partition coefficient (Wildman–Crippen LogP) is 2.69. The number of piperidine rings is 1. The van der Waals surface area contributed by atoms with Crippen LogP contribution in [-0.2, 0) is 4.74 Å². The number of amides is 2. The van der Waals surface area contributed by atoms with E-state index in [4.69, 9.17) is 9.47 Å². The van der Waals surface area contributed by atoms with Crippen molar-refractivity contribution in [1.29, 1.82) is 0 Å². The van der Waals surface area contributed by atoms with E-state index in [2.05, 4.69) is 10.2 Å². The number of morpholine rings is 1. The number of ether oxygens (including phenoxy) is 2. The number of methoxy groups -OCH3 is 1. The van der Waals surface area contributed by atoms with Crippen molar-refractivity contribution < 1.29 is 19.1 Å². The molecule has 1 aromatic heterocycles. The number of hydrogen-bond acceptors (Lipinski definition) is 5. The summed E-state index contributed by atoms with van der Waals surface area (Å²) in [4.78, 5) is 29.9. The molecule has 0 bridgehead atoms. The Hall–Kier alpha value is -2.87. The van der Waals surface area contributed by atoms with Gasteiger partial charge in [0.25, 0.3) is 11.8 Å². The van der Waals surface area contributed by atoms with Gasteiger partial charge in [0, 0.05) is 32.1 Å². The molecule has 2 fully saturated rings. The lowest BCUT2D eigenvalue weighted by atomic mass is 9.90. The van der Waals surface area contributed by atoms with Crippen LogP contribution in [0.1, 0.15) is 59.0 Å². The molecule has 0 spiro atoms. The van der Waals surface area contributed by atoms with Crippen molar-refractivity contribution in [2.75, 3.05) is 33.3 Å². The van der Waals surface area contributed by atoms with E-state index in [9.17, 15) is 9.59 Å². The Balaban J connectivity index is 1.43. The van der Waals surface area contributed by atoms with Gasteiger partial charge in [0.05, 0.1) is 42.3 Å². The largest absolute Gasteiger partial charge is 0.496 e. The molecule has 1 N–H and O–H groups in total. The van der Waals surface area contributed by atoms with Crippen LogP contribution in [-0.4, -0.2) is 77.3 Å². The minimum Gasteiger partial charge on any atom is -0.496 e. The first-order valence-electron chi connectivity index (χ1n) is 10.9. The average Bonchev–Trinajstić information content (AvgIpc) is 3.27. The zero-order chi connectivity index (χ0) is 22.0. The normalized spacial score (nSPS) is 22.4. The summed E-state index contributed by atoms with van der Waals surface area (Å²) in [5.41, 5.74) is 2.09. The maximum Gasteiger partial charge on any atom is 0.257 e. The Morgan fingerprint density at radius 1 is 1.03 bits per heavy atom. The van der Waals surface area contributed by atoms with E-state index in [0.717, 1.165) is 18.5 Å². The van der Waals surface area contributed by atoms with E-state index in [1.165, 1.54) is 0 Å². The van der Waals surface area contributed by atoms with Gasteiger partial charge in [-0.3, -0.25) is 14.7 Å². The number of benzene rings is 1. The average molecular weight is 427 g/mol. The number of aromatic nitrogens is 2. The third-order valence-corrected chi connectivity index (χ3v) is 6.13. The summed E-state index contributed by atoms with van der Waals surface area (Å²) in [5.74, 6) is 0.732. The van der Waals surface area contributed by atoms with Gasteiger partial charge in [-0.1, -0.05) is 12.1 Å². The van der Waals surface area contributed by atoms with E-state index >= 15 is 0 Å². The third kappa shape index (κ3) is 4.44. The lowest BCUT2D eigenvalue weighted by Gasteiger charge is -2.36. The molecule has 2 atom stereocenters. The smallest absolute Gasteiger partial charge is 0.257 e. The topological polar surface area (TPSA) is 87.8 Å². The Morgan fingerprint density at radius 3 is 2.35 bits per heavy atom. The summed E-state index contributed by atoms with van der Waals surface area (Å²) >= 11 is 0. The van der Waals surface area contributed by atoms with Crippen molar-refractivity contribution in [3.63, 3.8) is 0 Å². The number of nitrogens with one attached hydrogen (secondary N) is 1. The molecule has 8 heteroatoms. The van der Waals surface area contributed by atoms with Crippen molar-refractivity contribution >= 4 is 11.8 Å². The molecule has 0 aliphatic carbocycles. The van der Waals surface area contributed by atoms with Crippen molar-refractivity contribution in [2.45, 2.75) is 44.8 Å². The van der Waals surface area contributed by atoms with E-state index in [-0.39, 0.29) is 29.9 Å². The first kappa shape index (κ1) is 21.4. The van der Waals surface area contributed by atoms with Crippen molar-refractivity contribution in [2.24, 2.45) is 0 Å². The fourth-order valence-corrected chi connectivity index (χ4v) is 4.65.